The van der Waals surface area contributed by atoms with Gasteiger partial charge in [-0.1, -0.05) is 288 Å². The van der Waals surface area contributed by atoms with Crippen molar-refractivity contribution in [2.75, 3.05) is 47.5 Å². The molecule has 0 aliphatic heterocycles. The number of quaternary nitrogens is 1. The predicted octanol–water partition coefficient (Wildman–Crippen LogP) is 20.6. The Morgan fingerprint density at radius 2 is 0.621 bits per heavy atom. The molecule has 87 heavy (non-hydrogen) atoms. The highest BCUT2D eigenvalue weighted by Gasteiger charge is 2.22. The fourth-order valence-electron chi connectivity index (χ4n) is 9.31. The monoisotopic (exact) mass is 1210 g/mol. The molecule has 0 rings (SSSR count). The summed E-state index contributed by atoms with van der Waals surface area (Å²) in [5, 5.41) is 11.8. The van der Waals surface area contributed by atoms with Gasteiger partial charge in [0.15, 0.2) is 12.4 Å². The van der Waals surface area contributed by atoms with Crippen LogP contribution in [-0.4, -0.2) is 82.3 Å². The lowest BCUT2D eigenvalue weighted by molar-refractivity contribution is -0.870. The largest absolute Gasteiger partial charge is 0.545 e. The minimum atomic E-state index is -1.63. The van der Waals surface area contributed by atoms with Crippen LogP contribution in [0.2, 0.25) is 0 Å². The van der Waals surface area contributed by atoms with Crippen LogP contribution in [0.1, 0.15) is 271 Å². The third-order valence-electron chi connectivity index (χ3n) is 14.6. The van der Waals surface area contributed by atoms with E-state index in [1.54, 1.807) is 0 Å². The van der Waals surface area contributed by atoms with Gasteiger partial charge in [0.05, 0.1) is 40.3 Å². The Bertz CT molecular complexity index is 1940. The highest BCUT2D eigenvalue weighted by atomic mass is 16.7. The topological polar surface area (TPSA) is 111 Å². The lowest BCUT2D eigenvalue weighted by atomic mass is 10.0. The number of hydrogen-bond donors (Lipinski definition) is 0. The van der Waals surface area contributed by atoms with Crippen LogP contribution >= 0.6 is 0 Å². The molecular formula is C78H129NO8. The van der Waals surface area contributed by atoms with E-state index in [-0.39, 0.29) is 38.6 Å². The molecule has 0 N–H and O–H groups in total. The number of carboxylic acid groups (broad SMARTS) is 1. The number of rotatable bonds is 63. The molecule has 0 heterocycles. The fourth-order valence-corrected chi connectivity index (χ4v) is 9.31. The van der Waals surface area contributed by atoms with Gasteiger partial charge in [-0.2, -0.15) is 0 Å². The molecular weight excluding hydrogens is 1080 g/mol. The first-order chi connectivity index (χ1) is 42.6. The number of carbonyl (C=O) groups is 3. The van der Waals surface area contributed by atoms with Gasteiger partial charge in [0.1, 0.15) is 13.2 Å². The first-order valence-corrected chi connectivity index (χ1v) is 35.0. The molecule has 0 aliphatic carbocycles. The Labute approximate surface area is 534 Å². The average Bonchev–Trinajstić information content (AvgIpc) is 3.57. The van der Waals surface area contributed by atoms with E-state index in [0.29, 0.717) is 17.4 Å². The van der Waals surface area contributed by atoms with Gasteiger partial charge in [0, 0.05) is 12.8 Å². The SMILES string of the molecule is CC/C=C\C/C=C\C/C=C\C/C=C\C/C=C\C/C=C\C/C=C\CCCCCCCCCC(=O)OC(COC(=O)CCCCCCCCCCCCCCCCCCC/C=C\C/C=C\C/C=C\C/C=C\C/C=C\CC)COC(OCC[N+](C)(C)C)C(=O)[O-]. The molecule has 0 aromatic rings. The second-order valence-electron chi connectivity index (χ2n) is 24.1. The molecule has 0 saturated heterocycles. The van der Waals surface area contributed by atoms with Gasteiger partial charge in [-0.15, -0.1) is 0 Å². The number of likely N-dealkylation sites (N-methyl/N-ethyl adjacent to an activating group) is 1. The molecule has 494 valence electrons. The summed E-state index contributed by atoms with van der Waals surface area (Å²) < 4.78 is 22.8. The molecule has 0 aromatic carbocycles. The Morgan fingerprint density at radius 3 is 0.920 bits per heavy atom. The van der Waals surface area contributed by atoms with Crippen molar-refractivity contribution in [3.63, 3.8) is 0 Å². The van der Waals surface area contributed by atoms with Gasteiger partial charge in [0.2, 0.25) is 0 Å². The summed E-state index contributed by atoms with van der Waals surface area (Å²) in [7, 11) is 5.92. The zero-order chi connectivity index (χ0) is 63.3. The number of carbonyl (C=O) groups excluding carboxylic acids is 3. The van der Waals surface area contributed by atoms with Crippen molar-refractivity contribution in [3.8, 4) is 0 Å². The van der Waals surface area contributed by atoms with Gasteiger partial charge in [-0.25, -0.2) is 0 Å². The molecule has 9 heteroatoms. The number of carboxylic acids is 1. The smallest absolute Gasteiger partial charge is 0.306 e. The summed E-state index contributed by atoms with van der Waals surface area (Å²) in [4.78, 5) is 37.5. The number of hydrogen-bond acceptors (Lipinski definition) is 8. The number of unbranched alkanes of at least 4 members (excludes halogenated alkanes) is 24. The summed E-state index contributed by atoms with van der Waals surface area (Å²) >= 11 is 0. The van der Waals surface area contributed by atoms with Crippen molar-refractivity contribution >= 4 is 17.9 Å². The van der Waals surface area contributed by atoms with Crippen molar-refractivity contribution in [3.05, 3.63) is 146 Å². The lowest BCUT2D eigenvalue weighted by Gasteiger charge is -2.26. The van der Waals surface area contributed by atoms with Crippen molar-refractivity contribution in [2.45, 2.75) is 283 Å². The quantitative estimate of drug-likeness (QED) is 0.0195. The fraction of sp³-hybridized carbons (Fsp3) is 0.654. The van der Waals surface area contributed by atoms with E-state index in [4.69, 9.17) is 18.9 Å². The van der Waals surface area contributed by atoms with Gasteiger partial charge in [-0.05, 0) is 116 Å². The van der Waals surface area contributed by atoms with Crippen LogP contribution in [0, 0.1) is 0 Å². The average molecular weight is 1210 g/mol. The van der Waals surface area contributed by atoms with Crippen LogP contribution in [0.25, 0.3) is 0 Å². The minimum Gasteiger partial charge on any atom is -0.545 e. The lowest BCUT2D eigenvalue weighted by Crippen LogP contribution is -2.44. The number of ether oxygens (including phenoxy) is 4. The third-order valence-corrected chi connectivity index (χ3v) is 14.6. The summed E-state index contributed by atoms with van der Waals surface area (Å²) in [6.07, 6.45) is 94.9. The van der Waals surface area contributed by atoms with E-state index in [1.165, 1.54) is 116 Å². The van der Waals surface area contributed by atoms with Crippen molar-refractivity contribution in [1.29, 1.82) is 0 Å². The van der Waals surface area contributed by atoms with Gasteiger partial charge < -0.3 is 33.3 Å². The normalized spacial score (nSPS) is 13.6. The third kappa shape index (κ3) is 68.5. The first kappa shape index (κ1) is 82.2. The van der Waals surface area contributed by atoms with Crippen molar-refractivity contribution in [2.24, 2.45) is 0 Å². The molecule has 0 amide bonds. The maximum absolute atomic E-state index is 12.9. The molecule has 0 bridgehead atoms. The maximum Gasteiger partial charge on any atom is 0.306 e. The van der Waals surface area contributed by atoms with Gasteiger partial charge in [0.25, 0.3) is 0 Å². The second kappa shape index (κ2) is 67.1. The zero-order valence-corrected chi connectivity index (χ0v) is 56.3. The van der Waals surface area contributed by atoms with E-state index in [0.717, 1.165) is 122 Å². The summed E-state index contributed by atoms with van der Waals surface area (Å²) in [5.74, 6) is -2.30. The van der Waals surface area contributed by atoms with Crippen LogP contribution in [0.3, 0.4) is 0 Å². The molecule has 0 aromatic heterocycles. The van der Waals surface area contributed by atoms with Crippen LogP contribution in [0.15, 0.2) is 146 Å². The molecule has 0 saturated carbocycles. The maximum atomic E-state index is 12.9. The molecule has 0 fully saturated rings. The van der Waals surface area contributed by atoms with E-state index in [9.17, 15) is 19.5 Å². The predicted molar refractivity (Wildman–Crippen MR) is 370 cm³/mol. The van der Waals surface area contributed by atoms with Crippen LogP contribution < -0.4 is 5.11 Å². The summed E-state index contributed by atoms with van der Waals surface area (Å²) in [6.45, 7) is 4.51. The van der Waals surface area contributed by atoms with Crippen LogP contribution in [0.4, 0.5) is 0 Å². The Hall–Kier alpha value is -4.83. The standard InChI is InChI=1S/C78H129NO8/c1-6-8-10-12-14-16-18-20-22-24-26-28-30-32-34-36-37-38-39-41-42-44-46-48-50-52-54-56-58-60-62-64-66-68-75(80)85-72-74(73-86-78(77(82)83)84-71-70-79(3,4)5)87-76(81)69-67-65-63-61-59-57-55-53-51-49-47-45-43-40-35-33-31-29-27-25-23-21-19-17-15-13-11-9-7-2/h8-11,14-17,20-23,26-29,32-35,43,45,49,51,74,78H,6-7,12-13,18-19,24-25,30-31,36-42,44,46-48,50,52-73H2,1-5H3/b10-8-,11-9-,16-14-,17-15-,22-20-,23-21-,28-26-,29-27-,34-32-,35-33-,45-43-,51-49-. The van der Waals surface area contributed by atoms with Crippen LogP contribution in [-0.2, 0) is 33.3 Å². The van der Waals surface area contributed by atoms with Crippen LogP contribution in [0.5, 0.6) is 0 Å². The van der Waals surface area contributed by atoms with Crippen molar-refractivity contribution < 1.29 is 42.9 Å². The molecule has 2 unspecified atom stereocenters. The molecule has 0 aliphatic rings. The van der Waals surface area contributed by atoms with E-state index in [1.807, 2.05) is 21.1 Å². The Kier molecular flexibility index (Phi) is 63.4. The highest BCUT2D eigenvalue weighted by molar-refractivity contribution is 5.70. The Balaban J connectivity index is 4.16. The summed E-state index contributed by atoms with van der Waals surface area (Å²) in [6, 6.07) is 0. The number of nitrogens with zero attached hydrogens (tertiary/aromatic N) is 1. The molecule has 2 atom stereocenters. The van der Waals surface area contributed by atoms with Gasteiger partial charge >= 0.3 is 11.9 Å². The van der Waals surface area contributed by atoms with E-state index < -0.39 is 24.3 Å². The van der Waals surface area contributed by atoms with Gasteiger partial charge in [-0.3, -0.25) is 9.59 Å². The minimum absolute atomic E-state index is 0.139. The zero-order valence-electron chi connectivity index (χ0n) is 56.3. The molecule has 0 radical (unpaired) electrons. The van der Waals surface area contributed by atoms with E-state index in [2.05, 4.69) is 160 Å². The molecule has 9 nitrogen and oxygen atoms in total. The number of esters is 2. The number of aliphatic carboxylic acids is 1. The second-order valence-corrected chi connectivity index (χ2v) is 24.1. The number of allylic oxidation sites excluding steroid dienone is 24. The summed E-state index contributed by atoms with van der Waals surface area (Å²) in [5.41, 5.74) is 0. The molecule has 0 spiro atoms. The first-order valence-electron chi connectivity index (χ1n) is 35.0. The van der Waals surface area contributed by atoms with E-state index >= 15 is 0 Å². The van der Waals surface area contributed by atoms with Crippen molar-refractivity contribution in [1.82, 2.24) is 0 Å². The highest BCUT2D eigenvalue weighted by Crippen LogP contribution is 2.17. The Morgan fingerprint density at radius 1 is 0.345 bits per heavy atom.